The van der Waals surface area contributed by atoms with Crippen LogP contribution in [0, 0.1) is 5.41 Å². The quantitative estimate of drug-likeness (QED) is 0.780. The van der Waals surface area contributed by atoms with Crippen molar-refractivity contribution >= 4 is 17.7 Å². The molecule has 1 amide bonds. The summed E-state index contributed by atoms with van der Waals surface area (Å²) < 4.78 is 5.09. The molecule has 1 saturated heterocycles. The monoisotopic (exact) mass is 266 g/mol. The summed E-state index contributed by atoms with van der Waals surface area (Å²) >= 11 is 1.70. The fraction of sp³-hybridized carbons (Fsp3) is 0.462. The molecule has 1 fully saturated rings. The van der Waals surface area contributed by atoms with Crippen molar-refractivity contribution in [2.45, 2.75) is 11.4 Å². The fourth-order valence-electron chi connectivity index (χ4n) is 1.80. The summed E-state index contributed by atoms with van der Waals surface area (Å²) in [6.07, 6.45) is 2.04. The predicted octanol–water partition coefficient (Wildman–Crippen LogP) is 1.00. The standard InChI is InChI=1S/C13H18N2O2S/c1-18-11-4-2-10(3-5-11)6-15-12(16)13(7-14)8-17-9-13/h2-5H,6-9,14H2,1H3,(H,15,16). The summed E-state index contributed by atoms with van der Waals surface area (Å²) in [6, 6.07) is 8.16. The number of amides is 1. The van der Waals surface area contributed by atoms with Crippen LogP contribution in [0.2, 0.25) is 0 Å². The minimum absolute atomic E-state index is 0.00908. The van der Waals surface area contributed by atoms with Crippen LogP contribution >= 0.6 is 11.8 Å². The number of carbonyl (C=O) groups is 1. The van der Waals surface area contributed by atoms with Crippen LogP contribution < -0.4 is 11.1 Å². The minimum atomic E-state index is -0.501. The summed E-state index contributed by atoms with van der Waals surface area (Å²) in [5.41, 5.74) is 6.22. The van der Waals surface area contributed by atoms with E-state index in [0.29, 0.717) is 26.3 Å². The highest BCUT2D eigenvalue weighted by Gasteiger charge is 2.44. The van der Waals surface area contributed by atoms with E-state index >= 15 is 0 Å². The van der Waals surface area contributed by atoms with Crippen LogP contribution in [0.5, 0.6) is 0 Å². The maximum atomic E-state index is 12.0. The first-order valence-electron chi connectivity index (χ1n) is 5.89. The number of thioether (sulfide) groups is 1. The molecule has 1 aliphatic rings. The first-order valence-corrected chi connectivity index (χ1v) is 7.12. The van der Waals surface area contributed by atoms with E-state index in [0.717, 1.165) is 5.56 Å². The van der Waals surface area contributed by atoms with Crippen LogP contribution in [-0.2, 0) is 16.1 Å². The number of nitrogens with two attached hydrogens (primary N) is 1. The molecule has 0 aromatic heterocycles. The van der Waals surface area contributed by atoms with Crippen LogP contribution in [0.15, 0.2) is 29.2 Å². The van der Waals surface area contributed by atoms with Gasteiger partial charge in [-0.2, -0.15) is 0 Å². The second-order valence-electron chi connectivity index (χ2n) is 4.51. The highest BCUT2D eigenvalue weighted by molar-refractivity contribution is 7.98. The van der Waals surface area contributed by atoms with Crippen LogP contribution in [0.4, 0.5) is 0 Å². The Labute approximate surface area is 111 Å². The zero-order valence-electron chi connectivity index (χ0n) is 10.4. The average Bonchev–Trinajstić information content (AvgIpc) is 2.36. The summed E-state index contributed by atoms with van der Waals surface area (Å²) in [5, 5.41) is 2.92. The van der Waals surface area contributed by atoms with Crippen molar-refractivity contribution in [2.75, 3.05) is 26.0 Å². The number of hydrogen-bond donors (Lipinski definition) is 2. The van der Waals surface area contributed by atoms with E-state index in [1.54, 1.807) is 11.8 Å². The van der Waals surface area contributed by atoms with Gasteiger partial charge in [0.25, 0.3) is 0 Å². The molecule has 2 rings (SSSR count). The lowest BCUT2D eigenvalue weighted by Crippen LogP contribution is -2.58. The van der Waals surface area contributed by atoms with Gasteiger partial charge in [0.1, 0.15) is 5.41 Å². The average molecular weight is 266 g/mol. The van der Waals surface area contributed by atoms with Gasteiger partial charge in [-0.25, -0.2) is 0 Å². The molecule has 0 saturated carbocycles. The molecule has 4 nitrogen and oxygen atoms in total. The van der Waals surface area contributed by atoms with Crippen molar-refractivity contribution in [3.8, 4) is 0 Å². The number of ether oxygens (including phenoxy) is 1. The first kappa shape index (κ1) is 13.4. The lowest BCUT2D eigenvalue weighted by Gasteiger charge is -2.38. The third-order valence-electron chi connectivity index (χ3n) is 3.24. The Bertz CT molecular complexity index is 410. The third-order valence-corrected chi connectivity index (χ3v) is 3.98. The summed E-state index contributed by atoms with van der Waals surface area (Å²) in [7, 11) is 0. The van der Waals surface area contributed by atoms with Crippen molar-refractivity contribution in [1.29, 1.82) is 0 Å². The Morgan fingerprint density at radius 3 is 2.56 bits per heavy atom. The van der Waals surface area contributed by atoms with E-state index in [4.69, 9.17) is 10.5 Å². The number of carbonyl (C=O) groups excluding carboxylic acids is 1. The van der Waals surface area contributed by atoms with Gasteiger partial charge < -0.3 is 15.8 Å². The Hall–Kier alpha value is -1.04. The van der Waals surface area contributed by atoms with Crippen LogP contribution in [0.25, 0.3) is 0 Å². The molecule has 1 aliphatic heterocycles. The molecule has 98 valence electrons. The Kier molecular flexibility index (Phi) is 4.27. The number of hydrogen-bond acceptors (Lipinski definition) is 4. The highest BCUT2D eigenvalue weighted by Crippen LogP contribution is 2.26. The van der Waals surface area contributed by atoms with Crippen molar-refractivity contribution in [2.24, 2.45) is 11.1 Å². The number of benzene rings is 1. The molecule has 1 heterocycles. The van der Waals surface area contributed by atoms with E-state index < -0.39 is 5.41 Å². The van der Waals surface area contributed by atoms with E-state index in [2.05, 4.69) is 17.4 Å². The van der Waals surface area contributed by atoms with E-state index in [1.165, 1.54) is 4.90 Å². The first-order chi connectivity index (χ1) is 8.70. The Balaban J connectivity index is 1.88. The molecular formula is C13H18N2O2S. The highest BCUT2D eigenvalue weighted by atomic mass is 32.2. The van der Waals surface area contributed by atoms with Crippen LogP contribution in [0.3, 0.4) is 0 Å². The molecule has 5 heteroatoms. The van der Waals surface area contributed by atoms with Gasteiger partial charge >= 0.3 is 0 Å². The van der Waals surface area contributed by atoms with Gasteiger partial charge in [-0.1, -0.05) is 12.1 Å². The van der Waals surface area contributed by atoms with Gasteiger partial charge in [0.05, 0.1) is 13.2 Å². The molecule has 0 atom stereocenters. The largest absolute Gasteiger partial charge is 0.379 e. The van der Waals surface area contributed by atoms with Gasteiger partial charge in [-0.15, -0.1) is 11.8 Å². The van der Waals surface area contributed by atoms with E-state index in [9.17, 15) is 4.79 Å². The Morgan fingerprint density at radius 1 is 1.44 bits per heavy atom. The molecule has 0 spiro atoms. The molecule has 3 N–H and O–H groups in total. The molecule has 0 aliphatic carbocycles. The molecular weight excluding hydrogens is 248 g/mol. The lowest BCUT2D eigenvalue weighted by atomic mass is 9.85. The second kappa shape index (κ2) is 5.73. The zero-order chi connectivity index (χ0) is 13.0. The Morgan fingerprint density at radius 2 is 2.11 bits per heavy atom. The van der Waals surface area contributed by atoms with Crippen LogP contribution in [-0.4, -0.2) is 31.9 Å². The van der Waals surface area contributed by atoms with Crippen molar-refractivity contribution in [1.82, 2.24) is 5.32 Å². The molecule has 0 radical (unpaired) electrons. The van der Waals surface area contributed by atoms with Gasteiger partial charge in [-0.05, 0) is 24.0 Å². The SMILES string of the molecule is CSc1ccc(CNC(=O)C2(CN)COC2)cc1. The summed E-state index contributed by atoms with van der Waals surface area (Å²) in [5.74, 6) is -0.00908. The smallest absolute Gasteiger partial charge is 0.232 e. The second-order valence-corrected chi connectivity index (χ2v) is 5.39. The predicted molar refractivity (Wildman–Crippen MR) is 72.4 cm³/mol. The third kappa shape index (κ3) is 2.68. The molecule has 0 bridgehead atoms. The fourth-order valence-corrected chi connectivity index (χ4v) is 2.21. The minimum Gasteiger partial charge on any atom is -0.379 e. The van der Waals surface area contributed by atoms with Gasteiger partial charge in [0.15, 0.2) is 0 Å². The maximum Gasteiger partial charge on any atom is 0.232 e. The maximum absolute atomic E-state index is 12.0. The van der Waals surface area contributed by atoms with E-state index in [1.807, 2.05) is 18.4 Å². The van der Waals surface area contributed by atoms with Crippen molar-refractivity contribution in [3.05, 3.63) is 29.8 Å². The molecule has 1 aromatic rings. The number of nitrogens with one attached hydrogen (secondary N) is 1. The summed E-state index contributed by atoms with van der Waals surface area (Å²) in [4.78, 5) is 13.2. The lowest BCUT2D eigenvalue weighted by molar-refractivity contribution is -0.159. The van der Waals surface area contributed by atoms with Crippen LogP contribution in [0.1, 0.15) is 5.56 Å². The molecule has 18 heavy (non-hydrogen) atoms. The van der Waals surface area contributed by atoms with Crippen molar-refractivity contribution < 1.29 is 9.53 Å². The summed E-state index contributed by atoms with van der Waals surface area (Å²) in [6.45, 7) is 1.74. The zero-order valence-corrected chi connectivity index (χ0v) is 11.3. The molecule has 1 aromatic carbocycles. The van der Waals surface area contributed by atoms with Gasteiger partial charge in [0, 0.05) is 18.0 Å². The van der Waals surface area contributed by atoms with E-state index in [-0.39, 0.29) is 5.91 Å². The topological polar surface area (TPSA) is 64.4 Å². The van der Waals surface area contributed by atoms with Crippen molar-refractivity contribution in [3.63, 3.8) is 0 Å². The number of rotatable bonds is 5. The van der Waals surface area contributed by atoms with Gasteiger partial charge in [0.2, 0.25) is 5.91 Å². The van der Waals surface area contributed by atoms with Gasteiger partial charge in [-0.3, -0.25) is 4.79 Å². The molecule has 0 unspecified atom stereocenters. The normalized spacial score (nSPS) is 17.0.